The van der Waals surface area contributed by atoms with Crippen LogP contribution in [0.1, 0.15) is 23.8 Å². The summed E-state index contributed by atoms with van der Waals surface area (Å²) in [5, 5.41) is 10.8. The van der Waals surface area contributed by atoms with Crippen molar-refractivity contribution < 1.29 is 23.8 Å². The molecule has 1 amide bonds. The molecule has 0 saturated carbocycles. The van der Waals surface area contributed by atoms with Gasteiger partial charge in [0.05, 0.1) is 25.1 Å². The maximum atomic E-state index is 12.8. The van der Waals surface area contributed by atoms with Crippen molar-refractivity contribution in [1.82, 2.24) is 9.80 Å². The zero-order valence-electron chi connectivity index (χ0n) is 16.1. The number of hydrogen-bond donors (Lipinski definition) is 1. The summed E-state index contributed by atoms with van der Waals surface area (Å²) < 4.78 is 10.9. The molecule has 1 atom stereocenters. The molecule has 3 heterocycles. The number of carbonyl (C=O) groups is 2. The topological polar surface area (TPSA) is 83.2 Å². The van der Waals surface area contributed by atoms with Crippen LogP contribution in [0.25, 0.3) is 5.76 Å². The SMILES string of the molecule is O=C1C(=O)N(CCCN2CCOCC2)[C@@H](c2ccco2)/C1=C(\O)c1ccccc1. The number of rotatable bonds is 6. The number of furan rings is 1. The lowest BCUT2D eigenvalue weighted by Crippen LogP contribution is -2.38. The molecule has 0 aliphatic carbocycles. The van der Waals surface area contributed by atoms with Crippen LogP contribution < -0.4 is 0 Å². The second-order valence-electron chi connectivity index (χ2n) is 7.18. The summed E-state index contributed by atoms with van der Waals surface area (Å²) >= 11 is 0. The van der Waals surface area contributed by atoms with E-state index < -0.39 is 17.7 Å². The van der Waals surface area contributed by atoms with Gasteiger partial charge in [-0.1, -0.05) is 30.3 Å². The monoisotopic (exact) mass is 396 g/mol. The molecule has 0 spiro atoms. The highest BCUT2D eigenvalue weighted by Crippen LogP contribution is 2.39. The molecule has 1 N–H and O–H groups in total. The Balaban J connectivity index is 1.60. The average Bonchev–Trinajstić information content (AvgIpc) is 3.37. The minimum Gasteiger partial charge on any atom is -0.507 e. The zero-order valence-corrected chi connectivity index (χ0v) is 16.1. The lowest BCUT2D eigenvalue weighted by Gasteiger charge is -2.28. The standard InChI is InChI=1S/C22H24N2O5/c25-20(16-6-2-1-3-7-16)18-19(17-8-4-13-29-17)24(22(27)21(18)26)10-5-9-23-11-14-28-15-12-23/h1-4,6-8,13,19,25H,5,9-12,14-15H2/b20-18+/t19-/m0/s1. The van der Waals surface area contributed by atoms with Gasteiger partial charge in [0.2, 0.25) is 0 Å². The summed E-state index contributed by atoms with van der Waals surface area (Å²) in [5.74, 6) is -1.00. The van der Waals surface area contributed by atoms with Gasteiger partial charge < -0.3 is 19.2 Å². The number of nitrogens with zero attached hydrogens (tertiary/aromatic N) is 2. The predicted octanol–water partition coefficient (Wildman–Crippen LogP) is 2.42. The van der Waals surface area contributed by atoms with Crippen LogP contribution in [0.4, 0.5) is 0 Å². The number of aliphatic hydroxyl groups is 1. The molecule has 0 bridgehead atoms. The Labute approximate surface area is 169 Å². The van der Waals surface area contributed by atoms with Crippen LogP contribution in [0.5, 0.6) is 0 Å². The number of ether oxygens (including phenoxy) is 1. The van der Waals surface area contributed by atoms with Crippen LogP contribution >= 0.6 is 0 Å². The van der Waals surface area contributed by atoms with Crippen molar-refractivity contribution in [1.29, 1.82) is 0 Å². The maximum Gasteiger partial charge on any atom is 0.295 e. The molecule has 7 nitrogen and oxygen atoms in total. The first-order chi connectivity index (χ1) is 14.2. The van der Waals surface area contributed by atoms with Crippen molar-refractivity contribution in [2.75, 3.05) is 39.4 Å². The molecular weight excluding hydrogens is 372 g/mol. The van der Waals surface area contributed by atoms with Crippen molar-refractivity contribution in [3.05, 3.63) is 65.6 Å². The van der Waals surface area contributed by atoms with Crippen LogP contribution in [-0.4, -0.2) is 66.0 Å². The third-order valence-electron chi connectivity index (χ3n) is 5.38. The van der Waals surface area contributed by atoms with E-state index in [-0.39, 0.29) is 11.3 Å². The van der Waals surface area contributed by atoms with Crippen LogP contribution in [0.2, 0.25) is 0 Å². The van der Waals surface area contributed by atoms with E-state index in [4.69, 9.17) is 9.15 Å². The van der Waals surface area contributed by atoms with Gasteiger partial charge in [-0.15, -0.1) is 0 Å². The molecule has 2 aliphatic heterocycles. The molecular formula is C22H24N2O5. The second-order valence-corrected chi connectivity index (χ2v) is 7.18. The molecule has 4 rings (SSSR count). The third-order valence-corrected chi connectivity index (χ3v) is 5.38. The molecule has 2 aliphatic rings. The molecule has 7 heteroatoms. The molecule has 0 unspecified atom stereocenters. The molecule has 2 saturated heterocycles. The summed E-state index contributed by atoms with van der Waals surface area (Å²) in [6, 6.07) is 11.5. The molecule has 0 radical (unpaired) electrons. The number of hydrogen-bond acceptors (Lipinski definition) is 6. The summed E-state index contributed by atoms with van der Waals surface area (Å²) in [7, 11) is 0. The smallest absolute Gasteiger partial charge is 0.295 e. The number of amides is 1. The highest BCUT2D eigenvalue weighted by atomic mass is 16.5. The average molecular weight is 396 g/mol. The summed E-state index contributed by atoms with van der Waals surface area (Å²) in [6.45, 7) is 4.39. The molecule has 1 aromatic carbocycles. The van der Waals surface area contributed by atoms with Gasteiger partial charge in [-0.3, -0.25) is 14.5 Å². The van der Waals surface area contributed by atoms with Gasteiger partial charge in [0.15, 0.2) is 0 Å². The fraction of sp³-hybridized carbons (Fsp3) is 0.364. The Hall–Kier alpha value is -2.90. The molecule has 2 fully saturated rings. The van der Waals surface area contributed by atoms with Crippen LogP contribution in [0.3, 0.4) is 0 Å². The van der Waals surface area contributed by atoms with Gasteiger partial charge in [-0.05, 0) is 18.6 Å². The van der Waals surface area contributed by atoms with E-state index in [1.165, 1.54) is 11.2 Å². The molecule has 2 aromatic rings. The van der Waals surface area contributed by atoms with E-state index in [0.29, 0.717) is 31.1 Å². The number of morpholine rings is 1. The molecule has 29 heavy (non-hydrogen) atoms. The highest BCUT2D eigenvalue weighted by molar-refractivity contribution is 6.46. The van der Waals surface area contributed by atoms with Gasteiger partial charge in [0.1, 0.15) is 17.6 Å². The lowest BCUT2D eigenvalue weighted by atomic mass is 9.99. The van der Waals surface area contributed by atoms with Crippen molar-refractivity contribution in [2.24, 2.45) is 0 Å². The van der Waals surface area contributed by atoms with Gasteiger partial charge in [-0.2, -0.15) is 0 Å². The Kier molecular flexibility index (Phi) is 5.78. The molecule has 1 aromatic heterocycles. The van der Waals surface area contributed by atoms with Crippen LogP contribution in [-0.2, 0) is 14.3 Å². The number of ketones is 1. The van der Waals surface area contributed by atoms with E-state index >= 15 is 0 Å². The first-order valence-electron chi connectivity index (χ1n) is 9.84. The van der Waals surface area contributed by atoms with E-state index in [9.17, 15) is 14.7 Å². The van der Waals surface area contributed by atoms with Crippen LogP contribution in [0, 0.1) is 0 Å². The minimum absolute atomic E-state index is 0.0718. The normalized spacial score (nSPS) is 22.3. The van der Waals surface area contributed by atoms with E-state index in [1.54, 1.807) is 36.4 Å². The van der Waals surface area contributed by atoms with Crippen molar-refractivity contribution >= 4 is 17.4 Å². The summed E-state index contributed by atoms with van der Waals surface area (Å²) in [5.41, 5.74) is 0.567. The minimum atomic E-state index is -0.727. The highest BCUT2D eigenvalue weighted by Gasteiger charge is 2.47. The number of aliphatic hydroxyl groups excluding tert-OH is 1. The van der Waals surface area contributed by atoms with Gasteiger partial charge in [-0.25, -0.2) is 0 Å². The van der Waals surface area contributed by atoms with E-state index in [0.717, 1.165) is 26.1 Å². The van der Waals surface area contributed by atoms with E-state index in [2.05, 4.69) is 4.90 Å². The van der Waals surface area contributed by atoms with Gasteiger partial charge in [0.25, 0.3) is 11.7 Å². The Morgan fingerprint density at radius 1 is 1.03 bits per heavy atom. The quantitative estimate of drug-likeness (QED) is 0.459. The maximum absolute atomic E-state index is 12.8. The first kappa shape index (κ1) is 19.4. The number of carbonyl (C=O) groups excluding carboxylic acids is 2. The van der Waals surface area contributed by atoms with Crippen molar-refractivity contribution in [2.45, 2.75) is 12.5 Å². The largest absolute Gasteiger partial charge is 0.507 e. The summed E-state index contributed by atoms with van der Waals surface area (Å²) in [4.78, 5) is 29.4. The van der Waals surface area contributed by atoms with Crippen molar-refractivity contribution in [3.63, 3.8) is 0 Å². The zero-order chi connectivity index (χ0) is 20.2. The van der Waals surface area contributed by atoms with Crippen molar-refractivity contribution in [3.8, 4) is 0 Å². The van der Waals surface area contributed by atoms with Gasteiger partial charge >= 0.3 is 0 Å². The third kappa shape index (κ3) is 3.97. The Bertz CT molecular complexity index is 885. The lowest BCUT2D eigenvalue weighted by molar-refractivity contribution is -0.140. The Morgan fingerprint density at radius 2 is 1.79 bits per heavy atom. The fourth-order valence-electron chi connectivity index (χ4n) is 3.89. The fourth-order valence-corrected chi connectivity index (χ4v) is 3.89. The predicted molar refractivity (Wildman–Crippen MR) is 106 cm³/mol. The second kappa shape index (κ2) is 8.63. The number of likely N-dealkylation sites (tertiary alicyclic amines) is 1. The number of Topliss-reactive ketones (excluding diaryl/α,β-unsaturated/α-hetero) is 1. The van der Waals surface area contributed by atoms with Gasteiger partial charge in [0, 0.05) is 31.7 Å². The van der Waals surface area contributed by atoms with E-state index in [1.807, 2.05) is 6.07 Å². The number of benzene rings is 1. The van der Waals surface area contributed by atoms with Crippen LogP contribution in [0.15, 0.2) is 58.7 Å². The first-order valence-corrected chi connectivity index (χ1v) is 9.84. The Morgan fingerprint density at radius 3 is 2.48 bits per heavy atom. The summed E-state index contributed by atoms with van der Waals surface area (Å²) in [6.07, 6.45) is 2.22. The molecule has 152 valence electrons.